The molecule has 0 unspecified atom stereocenters. The van der Waals surface area contributed by atoms with Crippen LogP contribution in [0.4, 0.5) is 10.5 Å². The maximum absolute atomic E-state index is 12.6. The molecular formula is C20H21N3O. The molecule has 0 atom stereocenters. The highest BCUT2D eigenvalue weighted by Gasteiger charge is 2.24. The Bertz CT molecular complexity index is 832. The highest BCUT2D eigenvalue weighted by Crippen LogP contribution is 2.28. The summed E-state index contributed by atoms with van der Waals surface area (Å²) in [5.41, 5.74) is 3.27. The fraction of sp³-hybridized carbons (Fsp3) is 0.250. The average Bonchev–Trinajstić information content (AvgIpc) is 3.06. The summed E-state index contributed by atoms with van der Waals surface area (Å²) in [7, 11) is 0. The molecule has 0 saturated carbocycles. The minimum absolute atomic E-state index is 0.00809. The van der Waals surface area contributed by atoms with E-state index in [9.17, 15) is 4.79 Å². The van der Waals surface area contributed by atoms with Crippen molar-refractivity contribution in [1.82, 2.24) is 9.88 Å². The first-order valence-corrected chi connectivity index (χ1v) is 8.48. The second kappa shape index (κ2) is 6.40. The van der Waals surface area contributed by atoms with Crippen molar-refractivity contribution in [2.75, 3.05) is 18.4 Å². The van der Waals surface area contributed by atoms with Gasteiger partial charge in [-0.25, -0.2) is 4.79 Å². The molecule has 1 fully saturated rings. The smallest absolute Gasteiger partial charge is 0.321 e. The quantitative estimate of drug-likeness (QED) is 0.713. The third kappa shape index (κ3) is 2.87. The number of piperidine rings is 1. The van der Waals surface area contributed by atoms with Gasteiger partial charge >= 0.3 is 6.03 Å². The number of para-hydroxylation sites is 1. The van der Waals surface area contributed by atoms with Gasteiger partial charge in [-0.3, -0.25) is 0 Å². The lowest BCUT2D eigenvalue weighted by Gasteiger charge is -2.32. The number of hydrogen-bond acceptors (Lipinski definition) is 1. The molecule has 0 aliphatic carbocycles. The third-order valence-electron chi connectivity index (χ3n) is 4.88. The predicted molar refractivity (Wildman–Crippen MR) is 97.3 cm³/mol. The molecule has 2 amide bonds. The molecule has 2 aromatic carbocycles. The van der Waals surface area contributed by atoms with Crippen LogP contribution >= 0.6 is 0 Å². The number of urea groups is 1. The van der Waals surface area contributed by atoms with E-state index in [0.29, 0.717) is 5.92 Å². The maximum atomic E-state index is 12.6. The largest absolute Gasteiger partial charge is 0.359 e. The van der Waals surface area contributed by atoms with Gasteiger partial charge in [0, 0.05) is 30.2 Å². The third-order valence-corrected chi connectivity index (χ3v) is 4.88. The molecule has 0 bridgehead atoms. The van der Waals surface area contributed by atoms with Crippen molar-refractivity contribution in [3.63, 3.8) is 0 Å². The number of nitrogens with zero attached hydrogens (tertiary/aromatic N) is 1. The van der Waals surface area contributed by atoms with E-state index in [1.165, 1.54) is 5.56 Å². The topological polar surface area (TPSA) is 48.1 Å². The van der Waals surface area contributed by atoms with Gasteiger partial charge in [0.1, 0.15) is 0 Å². The number of amides is 2. The molecule has 4 nitrogen and oxygen atoms in total. The molecule has 0 spiro atoms. The number of H-pyrrole nitrogens is 1. The molecule has 1 aliphatic heterocycles. The van der Waals surface area contributed by atoms with Crippen LogP contribution in [-0.2, 0) is 0 Å². The lowest BCUT2D eigenvalue weighted by molar-refractivity contribution is 0.194. The van der Waals surface area contributed by atoms with Gasteiger partial charge < -0.3 is 15.2 Å². The van der Waals surface area contributed by atoms with Crippen molar-refractivity contribution in [1.29, 1.82) is 0 Å². The first-order valence-electron chi connectivity index (χ1n) is 8.48. The number of hydrogen-bond donors (Lipinski definition) is 2. The van der Waals surface area contributed by atoms with E-state index >= 15 is 0 Å². The van der Waals surface area contributed by atoms with Gasteiger partial charge in [-0.15, -0.1) is 0 Å². The summed E-state index contributed by atoms with van der Waals surface area (Å²) in [5, 5.41) is 4.09. The van der Waals surface area contributed by atoms with Gasteiger partial charge in [-0.05, 0) is 30.4 Å². The number of nitrogens with one attached hydrogen (secondary N) is 2. The van der Waals surface area contributed by atoms with Crippen LogP contribution in [0.25, 0.3) is 10.9 Å². The van der Waals surface area contributed by atoms with Crippen LogP contribution in [-0.4, -0.2) is 29.0 Å². The summed E-state index contributed by atoms with van der Waals surface area (Å²) in [4.78, 5) is 17.7. The van der Waals surface area contributed by atoms with Crippen LogP contribution in [0, 0.1) is 0 Å². The van der Waals surface area contributed by atoms with Crippen LogP contribution in [0.5, 0.6) is 0 Å². The Morgan fingerprint density at radius 1 is 1.00 bits per heavy atom. The van der Waals surface area contributed by atoms with Crippen molar-refractivity contribution in [3.8, 4) is 0 Å². The normalized spacial score (nSPS) is 15.6. The van der Waals surface area contributed by atoms with E-state index in [2.05, 4.69) is 34.6 Å². The minimum Gasteiger partial charge on any atom is -0.359 e. The Morgan fingerprint density at radius 3 is 2.50 bits per heavy atom. The van der Waals surface area contributed by atoms with Crippen molar-refractivity contribution in [3.05, 3.63) is 66.4 Å². The molecule has 2 heterocycles. The Labute approximate surface area is 141 Å². The zero-order chi connectivity index (χ0) is 16.4. The lowest BCUT2D eigenvalue weighted by Crippen LogP contribution is -2.40. The first kappa shape index (κ1) is 14.8. The highest BCUT2D eigenvalue weighted by molar-refractivity contribution is 6.00. The second-order valence-corrected chi connectivity index (χ2v) is 6.35. The van der Waals surface area contributed by atoms with Crippen molar-refractivity contribution < 1.29 is 4.79 Å². The SMILES string of the molecule is O=C(Nc1c[nH]c2ccccc12)N1CCC(c2ccccc2)CC1. The van der Waals surface area contributed by atoms with Gasteiger partial charge in [0.15, 0.2) is 0 Å². The maximum Gasteiger partial charge on any atom is 0.321 e. The Hall–Kier alpha value is -2.75. The van der Waals surface area contributed by atoms with E-state index in [1.54, 1.807) is 0 Å². The fourth-order valence-corrected chi connectivity index (χ4v) is 3.51. The average molecular weight is 319 g/mol. The summed E-state index contributed by atoms with van der Waals surface area (Å²) in [5.74, 6) is 0.559. The molecule has 4 rings (SSSR count). The van der Waals surface area contributed by atoms with Crippen molar-refractivity contribution >= 4 is 22.6 Å². The van der Waals surface area contributed by atoms with Crippen LogP contribution in [0.3, 0.4) is 0 Å². The molecule has 1 aliphatic rings. The summed E-state index contributed by atoms with van der Waals surface area (Å²) in [6.45, 7) is 1.60. The van der Waals surface area contributed by atoms with E-state index < -0.39 is 0 Å². The molecule has 3 aromatic rings. The number of aromatic amines is 1. The van der Waals surface area contributed by atoms with Gasteiger partial charge in [0.05, 0.1) is 5.69 Å². The number of anilines is 1. The van der Waals surface area contributed by atoms with Gasteiger partial charge in [0.25, 0.3) is 0 Å². The van der Waals surface area contributed by atoms with E-state index in [1.807, 2.05) is 41.4 Å². The minimum atomic E-state index is -0.00809. The number of fused-ring (bicyclic) bond motifs is 1. The summed E-state index contributed by atoms with van der Waals surface area (Å²) in [6.07, 6.45) is 3.90. The first-order chi connectivity index (χ1) is 11.8. The monoisotopic (exact) mass is 319 g/mol. The molecule has 1 aromatic heterocycles. The van der Waals surface area contributed by atoms with E-state index in [4.69, 9.17) is 0 Å². The second-order valence-electron chi connectivity index (χ2n) is 6.35. The number of likely N-dealkylation sites (tertiary alicyclic amines) is 1. The van der Waals surface area contributed by atoms with Gasteiger partial charge in [0.2, 0.25) is 0 Å². The number of rotatable bonds is 2. The van der Waals surface area contributed by atoms with Gasteiger partial charge in [-0.1, -0.05) is 48.5 Å². The fourth-order valence-electron chi connectivity index (χ4n) is 3.51. The Kier molecular flexibility index (Phi) is 3.95. The number of carbonyl (C=O) groups is 1. The molecule has 24 heavy (non-hydrogen) atoms. The lowest BCUT2D eigenvalue weighted by atomic mass is 9.90. The number of benzene rings is 2. The molecule has 0 radical (unpaired) electrons. The standard InChI is InChI=1S/C20H21N3O/c24-20(22-19-14-21-18-9-5-4-8-17(18)19)23-12-10-16(11-13-23)15-6-2-1-3-7-15/h1-9,14,16,21H,10-13H2,(H,22,24). The summed E-state index contributed by atoms with van der Waals surface area (Å²) in [6, 6.07) is 18.6. The molecule has 122 valence electrons. The van der Waals surface area contributed by atoms with Crippen molar-refractivity contribution in [2.45, 2.75) is 18.8 Å². The molecule has 1 saturated heterocycles. The molecule has 4 heteroatoms. The van der Waals surface area contributed by atoms with E-state index in [-0.39, 0.29) is 6.03 Å². The van der Waals surface area contributed by atoms with Crippen molar-refractivity contribution in [2.24, 2.45) is 0 Å². The highest BCUT2D eigenvalue weighted by atomic mass is 16.2. The summed E-state index contributed by atoms with van der Waals surface area (Å²) < 4.78 is 0. The Balaban J connectivity index is 1.40. The van der Waals surface area contributed by atoms with Crippen LogP contribution in [0.15, 0.2) is 60.8 Å². The molecular weight excluding hydrogens is 298 g/mol. The number of carbonyl (C=O) groups excluding carboxylic acids is 1. The Morgan fingerprint density at radius 2 is 1.71 bits per heavy atom. The zero-order valence-corrected chi connectivity index (χ0v) is 13.5. The predicted octanol–water partition coefficient (Wildman–Crippen LogP) is 4.58. The number of aromatic nitrogens is 1. The van der Waals surface area contributed by atoms with E-state index in [0.717, 1.165) is 42.5 Å². The molecule has 2 N–H and O–H groups in total. The van der Waals surface area contributed by atoms with Crippen LogP contribution in [0.1, 0.15) is 24.3 Å². The van der Waals surface area contributed by atoms with Crippen LogP contribution < -0.4 is 5.32 Å². The zero-order valence-electron chi connectivity index (χ0n) is 13.5. The van der Waals surface area contributed by atoms with Gasteiger partial charge in [-0.2, -0.15) is 0 Å². The summed E-state index contributed by atoms with van der Waals surface area (Å²) >= 11 is 0. The van der Waals surface area contributed by atoms with Crippen LogP contribution in [0.2, 0.25) is 0 Å².